The van der Waals surface area contributed by atoms with E-state index in [4.69, 9.17) is 10.5 Å². The maximum absolute atomic E-state index is 14.7. The fraction of sp³-hybridized carbons (Fsp3) is 0.618. The van der Waals surface area contributed by atoms with Crippen molar-refractivity contribution in [2.24, 2.45) is 11.7 Å². The van der Waals surface area contributed by atoms with E-state index in [0.29, 0.717) is 12.1 Å². The summed E-state index contributed by atoms with van der Waals surface area (Å²) < 4.78 is 69.9. The molecule has 1 aliphatic carbocycles. The highest BCUT2D eigenvalue weighted by Gasteiger charge is 2.50. The van der Waals surface area contributed by atoms with Crippen LogP contribution in [0.5, 0.6) is 0 Å². The van der Waals surface area contributed by atoms with E-state index in [2.05, 4.69) is 20.9 Å². The molecule has 4 amide bonds. The van der Waals surface area contributed by atoms with Gasteiger partial charge >= 0.3 is 5.51 Å². The Morgan fingerprint density at radius 1 is 1.06 bits per heavy atom. The molecule has 1 saturated carbocycles. The number of amides is 4. The summed E-state index contributed by atoms with van der Waals surface area (Å²) in [5.74, 6) is -4.62. The number of sulfone groups is 1. The third-order valence-corrected chi connectivity index (χ3v) is 11.9. The number of alkyl halides is 3. The number of hydrogen-bond donors (Lipinski definition) is 4. The summed E-state index contributed by atoms with van der Waals surface area (Å²) in [5.41, 5.74) is -3.23. The Morgan fingerprint density at radius 2 is 1.69 bits per heavy atom. The van der Waals surface area contributed by atoms with Crippen LogP contribution in [0.2, 0.25) is 0 Å². The van der Waals surface area contributed by atoms with Crippen molar-refractivity contribution >= 4 is 39.2 Å². The average Bonchev–Trinajstić information content (AvgIpc) is 3.80. The molecule has 54 heavy (non-hydrogen) atoms. The van der Waals surface area contributed by atoms with E-state index >= 15 is 0 Å². The molecule has 2 aromatic rings. The van der Waals surface area contributed by atoms with Crippen LogP contribution in [0.3, 0.4) is 0 Å². The molecular formula is C34H44F3N7O9S. The molecule has 0 bridgehead atoms. The molecule has 5 rings (SSSR count). The van der Waals surface area contributed by atoms with Crippen LogP contribution in [0.15, 0.2) is 35.4 Å². The molecule has 5 N–H and O–H groups in total. The third kappa shape index (κ3) is 8.59. The molecule has 3 fully saturated rings. The molecule has 1 aromatic carbocycles. The highest BCUT2D eigenvalue weighted by atomic mass is 32.2. The van der Waals surface area contributed by atoms with E-state index in [1.165, 1.54) is 29.6 Å². The van der Waals surface area contributed by atoms with Crippen LogP contribution in [-0.2, 0) is 39.4 Å². The minimum absolute atomic E-state index is 0.00576. The standard InChI is InChI=1S/C34H44F3N7O9S/c1-32(2,50)26-18-39-42-44(26)22-17-25(30(48)41-33(27(45)28(38)46)12-14-53-15-13-33)43(19-22)31(49)24(16-20-6-4-3-5-7-20)40-29(47)21-8-10-23(11-9-21)54(51,52)34(35,36)37/h8-11,18,20,22,24-25,50H,3-7,12-17,19H2,1-2H3,(H2,38,46)(H,40,47)(H,41,48)/t22-,24?,25-/m0/s1. The molecule has 3 atom stereocenters. The number of primary amides is 1. The fourth-order valence-electron chi connectivity index (χ4n) is 7.46. The predicted octanol–water partition coefficient (Wildman–Crippen LogP) is 1.43. The van der Waals surface area contributed by atoms with Gasteiger partial charge in [-0.05, 0) is 50.5 Å². The van der Waals surface area contributed by atoms with Crippen LogP contribution in [0.25, 0.3) is 0 Å². The number of carbonyl (C=O) groups is 5. The fourth-order valence-corrected chi connectivity index (χ4v) is 8.22. The molecule has 2 aliphatic heterocycles. The van der Waals surface area contributed by atoms with Crippen molar-refractivity contribution in [3.8, 4) is 0 Å². The summed E-state index contributed by atoms with van der Waals surface area (Å²) in [6.07, 6.45) is 5.59. The Bertz CT molecular complexity index is 1850. The molecule has 16 nitrogen and oxygen atoms in total. The Hall–Kier alpha value is -4.43. The summed E-state index contributed by atoms with van der Waals surface area (Å²) in [7, 11) is -5.67. The summed E-state index contributed by atoms with van der Waals surface area (Å²) in [5, 5.41) is 24.2. The summed E-state index contributed by atoms with van der Waals surface area (Å²) in [6, 6.07) is -0.131. The minimum atomic E-state index is -5.67. The highest BCUT2D eigenvalue weighted by molar-refractivity contribution is 7.92. The van der Waals surface area contributed by atoms with Gasteiger partial charge in [-0.3, -0.25) is 24.0 Å². The van der Waals surface area contributed by atoms with E-state index in [1.54, 1.807) is 0 Å². The van der Waals surface area contributed by atoms with Crippen molar-refractivity contribution in [2.45, 2.75) is 111 Å². The number of nitrogens with zero attached hydrogens (tertiary/aromatic N) is 4. The van der Waals surface area contributed by atoms with Gasteiger partial charge in [0, 0.05) is 44.6 Å². The van der Waals surface area contributed by atoms with E-state index in [0.717, 1.165) is 44.2 Å². The summed E-state index contributed by atoms with van der Waals surface area (Å²) in [4.78, 5) is 67.8. The van der Waals surface area contributed by atoms with Crippen molar-refractivity contribution < 1.29 is 55.4 Å². The van der Waals surface area contributed by atoms with Crippen LogP contribution in [0, 0.1) is 5.92 Å². The second kappa shape index (κ2) is 15.7. The lowest BCUT2D eigenvalue weighted by Crippen LogP contribution is -2.64. The Balaban J connectivity index is 1.48. The minimum Gasteiger partial charge on any atom is -0.384 e. The van der Waals surface area contributed by atoms with Gasteiger partial charge in [0.05, 0.1) is 22.8 Å². The van der Waals surface area contributed by atoms with Gasteiger partial charge in [0.25, 0.3) is 21.7 Å². The van der Waals surface area contributed by atoms with Gasteiger partial charge in [-0.1, -0.05) is 37.3 Å². The first-order chi connectivity index (χ1) is 25.2. The van der Waals surface area contributed by atoms with Gasteiger partial charge in [0.15, 0.2) is 0 Å². The second-order valence-electron chi connectivity index (χ2n) is 14.6. The molecule has 2 saturated heterocycles. The monoisotopic (exact) mass is 783 g/mol. The van der Waals surface area contributed by atoms with Gasteiger partial charge in [-0.15, -0.1) is 5.10 Å². The number of ether oxygens (including phenoxy) is 1. The number of nitrogens with one attached hydrogen (secondary N) is 2. The maximum atomic E-state index is 14.7. The number of aromatic nitrogens is 3. The number of benzene rings is 1. The second-order valence-corrected chi connectivity index (χ2v) is 16.6. The lowest BCUT2D eigenvalue weighted by atomic mass is 9.84. The SMILES string of the molecule is CC(C)(O)c1cnnn1[C@H]1C[C@@H](C(=O)NC2(C(=O)C(N)=O)CCOCC2)N(C(=O)C(CC2CCCCC2)NC(=O)c2ccc(S(=O)(=O)C(F)(F)F)cc2)C1. The van der Waals surface area contributed by atoms with Crippen LogP contribution in [0.4, 0.5) is 13.2 Å². The number of rotatable bonds is 12. The van der Waals surface area contributed by atoms with Crippen molar-refractivity contribution in [1.29, 1.82) is 0 Å². The zero-order valence-corrected chi connectivity index (χ0v) is 30.6. The normalized spacial score (nSPS) is 21.6. The van der Waals surface area contributed by atoms with Gasteiger partial charge in [-0.25, -0.2) is 13.1 Å². The number of carbonyl (C=O) groups excluding carboxylic acids is 5. The van der Waals surface area contributed by atoms with Crippen molar-refractivity contribution in [3.05, 3.63) is 41.7 Å². The number of aliphatic hydroxyl groups is 1. The average molecular weight is 784 g/mol. The molecule has 0 radical (unpaired) electrons. The lowest BCUT2D eigenvalue weighted by Gasteiger charge is -2.37. The first kappa shape index (κ1) is 40.7. The van der Waals surface area contributed by atoms with Crippen molar-refractivity contribution in [3.63, 3.8) is 0 Å². The van der Waals surface area contributed by atoms with Crippen LogP contribution < -0.4 is 16.4 Å². The van der Waals surface area contributed by atoms with Gasteiger partial charge in [-0.2, -0.15) is 13.2 Å². The number of likely N-dealkylation sites (tertiary alicyclic amines) is 1. The topological polar surface area (TPSA) is 233 Å². The molecule has 296 valence electrons. The quantitative estimate of drug-likeness (QED) is 0.225. The molecule has 3 heterocycles. The molecular weight excluding hydrogens is 739 g/mol. The van der Waals surface area contributed by atoms with Crippen LogP contribution >= 0.6 is 0 Å². The first-order valence-corrected chi connectivity index (χ1v) is 19.1. The highest BCUT2D eigenvalue weighted by Crippen LogP contribution is 2.35. The molecule has 1 aromatic heterocycles. The van der Waals surface area contributed by atoms with Crippen LogP contribution in [-0.4, -0.2) is 106 Å². The predicted molar refractivity (Wildman–Crippen MR) is 182 cm³/mol. The van der Waals surface area contributed by atoms with E-state index in [1.807, 2.05) is 0 Å². The number of nitrogens with two attached hydrogens (primary N) is 1. The van der Waals surface area contributed by atoms with Gasteiger partial charge in [0.1, 0.15) is 23.2 Å². The molecule has 0 spiro atoms. The number of Topliss-reactive ketones (excluding diaryl/α,β-unsaturated/α-hetero) is 1. The van der Waals surface area contributed by atoms with Gasteiger partial charge in [0.2, 0.25) is 17.6 Å². The zero-order chi connectivity index (χ0) is 39.6. The molecule has 3 aliphatic rings. The Labute approximate surface area is 309 Å². The van der Waals surface area contributed by atoms with Crippen molar-refractivity contribution in [1.82, 2.24) is 30.5 Å². The zero-order valence-electron chi connectivity index (χ0n) is 29.8. The Morgan fingerprint density at radius 3 is 2.26 bits per heavy atom. The summed E-state index contributed by atoms with van der Waals surface area (Å²) >= 11 is 0. The number of halogens is 3. The number of hydrogen-bond acceptors (Lipinski definition) is 11. The van der Waals surface area contributed by atoms with E-state index < -0.39 is 78.9 Å². The van der Waals surface area contributed by atoms with Crippen LogP contribution in [0.1, 0.15) is 93.7 Å². The van der Waals surface area contributed by atoms with E-state index in [-0.39, 0.29) is 62.6 Å². The smallest absolute Gasteiger partial charge is 0.384 e. The lowest BCUT2D eigenvalue weighted by molar-refractivity contribution is -0.147. The molecule has 1 unspecified atom stereocenters. The van der Waals surface area contributed by atoms with Gasteiger partial charge < -0.3 is 31.1 Å². The molecule has 20 heteroatoms. The maximum Gasteiger partial charge on any atom is 0.501 e. The van der Waals surface area contributed by atoms with Crippen molar-refractivity contribution in [2.75, 3.05) is 19.8 Å². The third-order valence-electron chi connectivity index (χ3n) is 10.4. The number of ketones is 1. The largest absolute Gasteiger partial charge is 0.501 e. The summed E-state index contributed by atoms with van der Waals surface area (Å²) in [6.45, 7) is 2.96. The Kier molecular flexibility index (Phi) is 11.9. The van der Waals surface area contributed by atoms with E-state index in [9.17, 15) is 50.7 Å². The first-order valence-electron chi connectivity index (χ1n) is 17.6.